The van der Waals surface area contributed by atoms with Crippen molar-refractivity contribution in [3.05, 3.63) is 75.5 Å². The lowest BCUT2D eigenvalue weighted by Crippen LogP contribution is -2.23. The monoisotopic (exact) mass is 410 g/mol. The van der Waals surface area contributed by atoms with E-state index >= 15 is 0 Å². The van der Waals surface area contributed by atoms with E-state index in [1.54, 1.807) is 32.2 Å². The molecule has 0 N–H and O–H groups in total. The third-order valence-corrected chi connectivity index (χ3v) is 4.59. The lowest BCUT2D eigenvalue weighted by atomic mass is 10.1. The number of halogens is 1. The van der Waals surface area contributed by atoms with Gasteiger partial charge in [0.2, 0.25) is 5.90 Å². The largest absolute Gasteiger partial charge is 0.475 e. The first-order valence-corrected chi connectivity index (χ1v) is 9.48. The normalized spacial score (nSPS) is 12.3. The summed E-state index contributed by atoms with van der Waals surface area (Å²) < 4.78 is 21.4. The minimum Gasteiger partial charge on any atom is -0.475 e. The zero-order valence-corrected chi connectivity index (χ0v) is 17.3. The summed E-state index contributed by atoms with van der Waals surface area (Å²) in [5, 5.41) is 16.1. The van der Waals surface area contributed by atoms with Gasteiger partial charge >= 0.3 is 5.69 Å². The van der Waals surface area contributed by atoms with Gasteiger partial charge in [0, 0.05) is 19.0 Å². The molecule has 0 spiro atoms. The second kappa shape index (κ2) is 9.25. The minimum absolute atomic E-state index is 0.197. The molecular weight excluding hydrogens is 387 g/mol. The van der Waals surface area contributed by atoms with Crippen LogP contribution < -0.4 is 5.69 Å². The summed E-state index contributed by atoms with van der Waals surface area (Å²) in [6.07, 6.45) is 0.534. The number of hydrogen-bond acceptors (Lipinski definition) is 6. The number of rotatable bonds is 6. The van der Waals surface area contributed by atoms with Crippen LogP contribution in [0.4, 0.5) is 4.39 Å². The summed E-state index contributed by atoms with van der Waals surface area (Å²) in [6, 6.07) is 11.6. The highest BCUT2D eigenvalue weighted by molar-refractivity contribution is 5.98. The first-order chi connectivity index (χ1) is 14.4. The highest BCUT2D eigenvalue weighted by Gasteiger charge is 2.14. The lowest BCUT2D eigenvalue weighted by molar-refractivity contribution is 0.282. The van der Waals surface area contributed by atoms with Gasteiger partial charge in [0.1, 0.15) is 12.4 Å². The van der Waals surface area contributed by atoms with E-state index in [1.807, 2.05) is 26.0 Å². The molecule has 0 saturated heterocycles. The number of nitrogens with zero attached hydrogens (tertiary/aromatic N) is 6. The summed E-state index contributed by atoms with van der Waals surface area (Å²) in [7, 11) is 1.54. The molecule has 0 aliphatic rings. The van der Waals surface area contributed by atoms with Gasteiger partial charge in [-0.15, -0.1) is 5.10 Å². The third-order valence-electron chi connectivity index (χ3n) is 4.59. The Morgan fingerprint density at radius 2 is 1.87 bits per heavy atom. The maximum Gasteiger partial charge on any atom is 0.368 e. The Bertz CT molecular complexity index is 1150. The molecule has 3 aromatic rings. The molecule has 8 nitrogen and oxygen atoms in total. The molecule has 0 radical (unpaired) electrons. The van der Waals surface area contributed by atoms with Gasteiger partial charge < -0.3 is 4.74 Å². The van der Waals surface area contributed by atoms with Crippen LogP contribution in [0.5, 0.6) is 0 Å². The average Bonchev–Trinajstić information content (AvgIpc) is 3.07. The number of benzene rings is 2. The van der Waals surface area contributed by atoms with Crippen LogP contribution in [0.15, 0.2) is 57.5 Å². The smallest absolute Gasteiger partial charge is 0.368 e. The number of aryl methyl sites for hydroxylation is 2. The Kier molecular flexibility index (Phi) is 6.51. The summed E-state index contributed by atoms with van der Waals surface area (Å²) in [6.45, 7) is 5.84. The molecule has 0 unspecified atom stereocenters. The van der Waals surface area contributed by atoms with Gasteiger partial charge in [-0.3, -0.25) is 0 Å². The molecule has 156 valence electrons. The number of aromatic nitrogens is 4. The van der Waals surface area contributed by atoms with E-state index in [9.17, 15) is 9.18 Å². The molecular formula is C21H23FN6O2. The van der Waals surface area contributed by atoms with Gasteiger partial charge in [-0.2, -0.15) is 14.5 Å². The molecule has 0 aliphatic carbocycles. The Morgan fingerprint density at radius 3 is 2.50 bits per heavy atom. The summed E-state index contributed by atoms with van der Waals surface area (Å²) >= 11 is 0. The van der Waals surface area contributed by atoms with E-state index in [-0.39, 0.29) is 18.1 Å². The summed E-state index contributed by atoms with van der Waals surface area (Å²) in [4.78, 5) is 12.3. The van der Waals surface area contributed by atoms with E-state index < -0.39 is 0 Å². The van der Waals surface area contributed by atoms with Crippen molar-refractivity contribution in [1.29, 1.82) is 0 Å². The summed E-state index contributed by atoms with van der Waals surface area (Å²) in [5.74, 6) is 0.140. The highest BCUT2D eigenvalue weighted by Crippen LogP contribution is 2.18. The maximum atomic E-state index is 13.1. The molecule has 0 amide bonds. The molecule has 30 heavy (non-hydrogen) atoms. The van der Waals surface area contributed by atoms with E-state index in [1.165, 1.54) is 21.5 Å². The predicted molar refractivity (Wildman–Crippen MR) is 112 cm³/mol. The van der Waals surface area contributed by atoms with Gasteiger partial charge in [0.25, 0.3) is 0 Å². The van der Waals surface area contributed by atoms with Crippen LogP contribution in [0.25, 0.3) is 5.69 Å². The number of ether oxygens (including phenoxy) is 1. The molecule has 0 saturated carbocycles. The maximum absolute atomic E-state index is 13.1. The van der Waals surface area contributed by atoms with E-state index in [0.29, 0.717) is 23.7 Å². The molecule has 1 aromatic heterocycles. The third kappa shape index (κ3) is 4.68. The first-order valence-electron chi connectivity index (χ1n) is 9.48. The predicted octanol–water partition coefficient (Wildman–Crippen LogP) is 3.16. The van der Waals surface area contributed by atoms with E-state index in [2.05, 4.69) is 20.6 Å². The molecule has 0 bridgehead atoms. The van der Waals surface area contributed by atoms with Crippen LogP contribution in [0.3, 0.4) is 0 Å². The van der Waals surface area contributed by atoms with Crippen LogP contribution in [0.1, 0.15) is 37.0 Å². The Balaban J connectivity index is 1.82. The van der Waals surface area contributed by atoms with Crippen molar-refractivity contribution in [2.24, 2.45) is 17.3 Å². The summed E-state index contributed by atoms with van der Waals surface area (Å²) in [5.41, 5.74) is 3.44. The SMILES string of the molecule is CC/C(=N\N=C(C)c1ccc(F)cc1)OCc1c(C)cccc1-n1nnn(C)c1=O. The zero-order chi connectivity index (χ0) is 21.7. The van der Waals surface area contributed by atoms with Crippen LogP contribution in [0, 0.1) is 12.7 Å². The van der Waals surface area contributed by atoms with Crippen molar-refractivity contribution in [3.63, 3.8) is 0 Å². The Labute approximate surface area is 173 Å². The van der Waals surface area contributed by atoms with Crippen molar-refractivity contribution in [1.82, 2.24) is 19.8 Å². The Hall–Kier alpha value is -3.62. The molecule has 9 heteroatoms. The topological polar surface area (TPSA) is 86.7 Å². The van der Waals surface area contributed by atoms with Gasteiger partial charge in [-0.05, 0) is 53.6 Å². The average molecular weight is 410 g/mol. The fourth-order valence-corrected chi connectivity index (χ4v) is 2.77. The van der Waals surface area contributed by atoms with Crippen molar-refractivity contribution in [2.75, 3.05) is 0 Å². The lowest BCUT2D eigenvalue weighted by Gasteiger charge is -2.13. The quantitative estimate of drug-likeness (QED) is 0.355. The second-order valence-corrected chi connectivity index (χ2v) is 6.70. The van der Waals surface area contributed by atoms with E-state index in [0.717, 1.165) is 16.7 Å². The van der Waals surface area contributed by atoms with Gasteiger partial charge in [-0.1, -0.05) is 31.2 Å². The fourth-order valence-electron chi connectivity index (χ4n) is 2.77. The standard InChI is InChI=1S/C21H23FN6O2/c1-5-20(24-23-15(3)16-9-11-17(22)12-10-16)30-13-18-14(2)7-6-8-19(18)28-21(29)27(4)25-26-28/h6-12H,5,13H2,1-4H3/b23-15?,24-20+. The molecule has 2 aromatic carbocycles. The van der Waals surface area contributed by atoms with Gasteiger partial charge in [0.05, 0.1) is 11.4 Å². The van der Waals surface area contributed by atoms with Crippen LogP contribution >= 0.6 is 0 Å². The van der Waals surface area contributed by atoms with Gasteiger partial charge in [-0.25, -0.2) is 9.18 Å². The van der Waals surface area contributed by atoms with Crippen LogP contribution in [0.2, 0.25) is 0 Å². The Morgan fingerprint density at radius 1 is 1.13 bits per heavy atom. The van der Waals surface area contributed by atoms with Crippen molar-refractivity contribution in [3.8, 4) is 5.69 Å². The minimum atomic E-state index is -0.342. The molecule has 0 atom stereocenters. The second-order valence-electron chi connectivity index (χ2n) is 6.70. The first kappa shape index (κ1) is 21.1. The fraction of sp³-hybridized carbons (Fsp3) is 0.286. The molecule has 1 heterocycles. The van der Waals surface area contributed by atoms with Gasteiger partial charge in [0.15, 0.2) is 0 Å². The zero-order valence-electron chi connectivity index (χ0n) is 17.3. The van der Waals surface area contributed by atoms with Crippen LogP contribution in [-0.4, -0.2) is 31.4 Å². The van der Waals surface area contributed by atoms with Crippen LogP contribution in [-0.2, 0) is 18.4 Å². The number of tetrazole rings is 1. The molecule has 3 rings (SSSR count). The highest BCUT2D eigenvalue weighted by atomic mass is 19.1. The molecule has 0 fully saturated rings. The van der Waals surface area contributed by atoms with Crippen molar-refractivity contribution >= 4 is 11.6 Å². The van der Waals surface area contributed by atoms with E-state index in [4.69, 9.17) is 4.74 Å². The number of hydrogen-bond donors (Lipinski definition) is 0. The molecule has 0 aliphatic heterocycles. The van der Waals surface area contributed by atoms with Crippen molar-refractivity contribution < 1.29 is 9.13 Å². The van der Waals surface area contributed by atoms with Crippen molar-refractivity contribution in [2.45, 2.75) is 33.8 Å².